The second-order valence-corrected chi connectivity index (χ2v) is 5.11. The normalized spacial score (nSPS) is 20.2. The molecule has 3 nitrogen and oxygen atoms in total. The van der Waals surface area contributed by atoms with E-state index in [1.54, 1.807) is 0 Å². The molecule has 0 saturated heterocycles. The second-order valence-electron chi connectivity index (χ2n) is 5.11. The number of nitrogens with zero attached hydrogens (tertiary/aromatic N) is 2. The molecule has 1 saturated carbocycles. The molecule has 1 aliphatic rings. The standard InChI is InChI=1S/C12H21N3/c1-10-8-14-15(9-10)7-6-13-11(2)12(3)4-5-12/h8-9,11,13H,4-7H2,1-3H3. The molecule has 1 fully saturated rings. The summed E-state index contributed by atoms with van der Waals surface area (Å²) in [5.41, 5.74) is 1.80. The number of aromatic nitrogens is 2. The van der Waals surface area contributed by atoms with Crippen molar-refractivity contribution in [3.8, 4) is 0 Å². The molecule has 0 bridgehead atoms. The quantitative estimate of drug-likeness (QED) is 0.800. The summed E-state index contributed by atoms with van der Waals surface area (Å²) in [7, 11) is 0. The van der Waals surface area contributed by atoms with Crippen LogP contribution in [0, 0.1) is 12.3 Å². The largest absolute Gasteiger partial charge is 0.312 e. The van der Waals surface area contributed by atoms with Gasteiger partial charge in [0.15, 0.2) is 0 Å². The number of aryl methyl sites for hydroxylation is 1. The molecular weight excluding hydrogens is 186 g/mol. The van der Waals surface area contributed by atoms with Crippen molar-refractivity contribution in [1.29, 1.82) is 0 Å². The third-order valence-corrected chi connectivity index (χ3v) is 3.64. The number of hydrogen-bond acceptors (Lipinski definition) is 2. The summed E-state index contributed by atoms with van der Waals surface area (Å²) >= 11 is 0. The Labute approximate surface area is 91.9 Å². The lowest BCUT2D eigenvalue weighted by Gasteiger charge is -2.20. The van der Waals surface area contributed by atoms with E-state index in [-0.39, 0.29) is 0 Å². The van der Waals surface area contributed by atoms with Crippen molar-refractivity contribution < 1.29 is 0 Å². The van der Waals surface area contributed by atoms with Crippen molar-refractivity contribution >= 4 is 0 Å². The summed E-state index contributed by atoms with van der Waals surface area (Å²) in [6, 6.07) is 0.633. The maximum Gasteiger partial charge on any atom is 0.0534 e. The molecule has 1 heterocycles. The van der Waals surface area contributed by atoms with Crippen molar-refractivity contribution in [2.45, 2.75) is 46.2 Å². The van der Waals surface area contributed by atoms with Gasteiger partial charge in [-0.05, 0) is 37.7 Å². The summed E-state index contributed by atoms with van der Waals surface area (Å²) in [6.45, 7) is 8.71. The van der Waals surface area contributed by atoms with Crippen LogP contribution < -0.4 is 5.32 Å². The van der Waals surface area contributed by atoms with Gasteiger partial charge in [-0.25, -0.2) is 0 Å². The van der Waals surface area contributed by atoms with E-state index in [2.05, 4.69) is 37.4 Å². The van der Waals surface area contributed by atoms with Gasteiger partial charge in [-0.1, -0.05) is 6.92 Å². The van der Waals surface area contributed by atoms with Gasteiger partial charge in [0.05, 0.1) is 12.7 Å². The molecule has 1 unspecified atom stereocenters. The number of rotatable bonds is 5. The summed E-state index contributed by atoms with van der Waals surface area (Å²) in [4.78, 5) is 0. The average molecular weight is 207 g/mol. The van der Waals surface area contributed by atoms with Crippen molar-refractivity contribution in [2.75, 3.05) is 6.54 Å². The molecule has 0 aromatic carbocycles. The summed E-state index contributed by atoms with van der Waals surface area (Å²) in [6.07, 6.45) is 6.75. The number of hydrogen-bond donors (Lipinski definition) is 1. The minimum atomic E-state index is 0.569. The van der Waals surface area contributed by atoms with Crippen LogP contribution in [-0.4, -0.2) is 22.4 Å². The van der Waals surface area contributed by atoms with E-state index in [1.165, 1.54) is 18.4 Å². The summed E-state index contributed by atoms with van der Waals surface area (Å²) < 4.78 is 2.00. The minimum absolute atomic E-state index is 0.569. The summed E-state index contributed by atoms with van der Waals surface area (Å²) in [5.74, 6) is 0. The molecule has 1 aliphatic carbocycles. The van der Waals surface area contributed by atoms with E-state index in [9.17, 15) is 0 Å². The first kappa shape index (κ1) is 10.7. The van der Waals surface area contributed by atoms with Crippen LogP contribution in [0.25, 0.3) is 0 Å². The SMILES string of the molecule is Cc1cnn(CCNC(C)C2(C)CC2)c1. The van der Waals surface area contributed by atoms with Crippen LogP contribution in [0.2, 0.25) is 0 Å². The Hall–Kier alpha value is -0.830. The predicted octanol–water partition coefficient (Wildman–Crippen LogP) is 1.97. The minimum Gasteiger partial charge on any atom is -0.312 e. The van der Waals surface area contributed by atoms with E-state index in [0.717, 1.165) is 13.1 Å². The lowest BCUT2D eigenvalue weighted by Crippen LogP contribution is -2.35. The average Bonchev–Trinajstić information content (AvgIpc) is 2.81. The maximum atomic E-state index is 4.27. The molecule has 2 rings (SSSR count). The van der Waals surface area contributed by atoms with E-state index in [1.807, 2.05) is 10.9 Å². The Morgan fingerprint density at radius 2 is 2.33 bits per heavy atom. The number of nitrogens with one attached hydrogen (secondary N) is 1. The molecule has 1 aromatic heterocycles. The zero-order valence-corrected chi connectivity index (χ0v) is 9.95. The molecule has 0 spiro atoms. The van der Waals surface area contributed by atoms with Crippen LogP contribution in [0.4, 0.5) is 0 Å². The van der Waals surface area contributed by atoms with Gasteiger partial charge in [0, 0.05) is 18.8 Å². The van der Waals surface area contributed by atoms with Gasteiger partial charge < -0.3 is 5.32 Å². The third-order valence-electron chi connectivity index (χ3n) is 3.64. The van der Waals surface area contributed by atoms with Gasteiger partial charge >= 0.3 is 0 Å². The highest BCUT2D eigenvalue weighted by molar-refractivity contribution is 4.99. The monoisotopic (exact) mass is 207 g/mol. The van der Waals surface area contributed by atoms with Crippen molar-refractivity contribution in [2.24, 2.45) is 5.41 Å². The Bertz CT molecular complexity index is 325. The van der Waals surface area contributed by atoms with E-state index in [4.69, 9.17) is 0 Å². The molecule has 0 amide bonds. The lowest BCUT2D eigenvalue weighted by molar-refractivity contribution is 0.370. The molecule has 3 heteroatoms. The van der Waals surface area contributed by atoms with Crippen molar-refractivity contribution in [3.63, 3.8) is 0 Å². The Kier molecular flexibility index (Phi) is 2.83. The molecular formula is C12H21N3. The molecule has 1 N–H and O–H groups in total. The predicted molar refractivity (Wildman–Crippen MR) is 61.8 cm³/mol. The first-order chi connectivity index (χ1) is 7.10. The fourth-order valence-electron chi connectivity index (χ4n) is 1.86. The first-order valence-electron chi connectivity index (χ1n) is 5.83. The van der Waals surface area contributed by atoms with Crippen molar-refractivity contribution in [1.82, 2.24) is 15.1 Å². The van der Waals surface area contributed by atoms with Crippen molar-refractivity contribution in [3.05, 3.63) is 18.0 Å². The Morgan fingerprint density at radius 1 is 1.60 bits per heavy atom. The van der Waals surface area contributed by atoms with Gasteiger partial charge in [-0.2, -0.15) is 5.10 Å². The van der Waals surface area contributed by atoms with Gasteiger partial charge in [0.25, 0.3) is 0 Å². The second kappa shape index (κ2) is 3.97. The van der Waals surface area contributed by atoms with Crippen LogP contribution in [0.1, 0.15) is 32.3 Å². The van der Waals surface area contributed by atoms with Gasteiger partial charge in [0.2, 0.25) is 0 Å². The fourth-order valence-corrected chi connectivity index (χ4v) is 1.86. The Balaban J connectivity index is 1.71. The van der Waals surface area contributed by atoms with Crippen LogP contribution in [0.15, 0.2) is 12.4 Å². The molecule has 1 atom stereocenters. The van der Waals surface area contributed by atoms with Crippen LogP contribution in [-0.2, 0) is 6.54 Å². The van der Waals surface area contributed by atoms with E-state index in [0.29, 0.717) is 11.5 Å². The topological polar surface area (TPSA) is 29.9 Å². The molecule has 84 valence electrons. The highest BCUT2D eigenvalue weighted by Gasteiger charge is 2.41. The fraction of sp³-hybridized carbons (Fsp3) is 0.750. The summed E-state index contributed by atoms with van der Waals surface area (Å²) in [5, 5.41) is 7.85. The van der Waals surface area contributed by atoms with Gasteiger partial charge in [-0.15, -0.1) is 0 Å². The third kappa shape index (κ3) is 2.59. The van der Waals surface area contributed by atoms with Gasteiger partial charge in [-0.3, -0.25) is 4.68 Å². The molecule has 1 aromatic rings. The smallest absolute Gasteiger partial charge is 0.0534 e. The highest BCUT2D eigenvalue weighted by Crippen LogP contribution is 2.47. The highest BCUT2D eigenvalue weighted by atomic mass is 15.3. The van der Waals surface area contributed by atoms with Crippen LogP contribution >= 0.6 is 0 Å². The molecule has 0 aliphatic heterocycles. The van der Waals surface area contributed by atoms with E-state index < -0.39 is 0 Å². The Morgan fingerprint density at radius 3 is 2.87 bits per heavy atom. The zero-order chi connectivity index (χ0) is 10.9. The lowest BCUT2D eigenvalue weighted by atomic mass is 10.0. The molecule has 15 heavy (non-hydrogen) atoms. The zero-order valence-electron chi connectivity index (χ0n) is 9.95. The van der Waals surface area contributed by atoms with Crippen LogP contribution in [0.3, 0.4) is 0 Å². The van der Waals surface area contributed by atoms with E-state index >= 15 is 0 Å². The molecule has 0 radical (unpaired) electrons. The first-order valence-corrected chi connectivity index (χ1v) is 5.83. The van der Waals surface area contributed by atoms with Gasteiger partial charge in [0.1, 0.15) is 0 Å². The van der Waals surface area contributed by atoms with Crippen LogP contribution in [0.5, 0.6) is 0 Å². The maximum absolute atomic E-state index is 4.27.